The second-order valence-corrected chi connectivity index (χ2v) is 3.58. The van der Waals surface area contributed by atoms with Gasteiger partial charge >= 0.3 is 0 Å². The van der Waals surface area contributed by atoms with Crippen molar-refractivity contribution in [3.63, 3.8) is 0 Å². The van der Waals surface area contributed by atoms with E-state index in [2.05, 4.69) is 0 Å². The molecule has 0 aliphatic rings. The largest absolute Gasteiger partial charge is 0.194 e. The number of anilines is 1. The van der Waals surface area contributed by atoms with Gasteiger partial charge in [-0.3, -0.25) is 0 Å². The molecule has 0 radical (unpaired) electrons. The first-order valence-corrected chi connectivity index (χ1v) is 4.61. The van der Waals surface area contributed by atoms with Crippen LogP contribution in [0.5, 0.6) is 0 Å². The molecule has 0 saturated carbocycles. The van der Waals surface area contributed by atoms with Crippen molar-refractivity contribution in [3.8, 4) is 0 Å². The highest BCUT2D eigenvalue weighted by molar-refractivity contribution is 6.49. The Morgan fingerprint density at radius 1 is 1.33 bits per heavy atom. The number of hydrogen-bond donors (Lipinski definition) is 0. The summed E-state index contributed by atoms with van der Waals surface area (Å²) in [5.41, 5.74) is 1.71. The normalized spacial score (nSPS) is 10.0. The molecule has 1 aromatic rings. The Labute approximate surface area is 87.1 Å². The lowest BCUT2D eigenvalue weighted by Gasteiger charge is -2.11. The highest BCUT2D eigenvalue weighted by Crippen LogP contribution is 2.30. The topological polar surface area (TPSA) is 3.24 Å². The van der Waals surface area contributed by atoms with Crippen LogP contribution in [0.4, 0.5) is 5.69 Å². The Morgan fingerprint density at radius 3 is 2.42 bits per heavy atom. The lowest BCUT2D eigenvalue weighted by atomic mass is 10.1. The van der Waals surface area contributed by atoms with Crippen molar-refractivity contribution in [2.45, 2.75) is 13.3 Å². The van der Waals surface area contributed by atoms with Crippen LogP contribution in [0, 0.1) is 0 Å². The average Bonchev–Trinajstić information content (AvgIpc) is 2.03. The van der Waals surface area contributed by atoms with Gasteiger partial charge in [0.05, 0.1) is 5.69 Å². The standard InChI is InChI=1S/C8H8Cl3N/c1-2-6-7(9)4-3-5-8(6)12(10)11/h3-5H,2H2,1H3. The van der Waals surface area contributed by atoms with Gasteiger partial charge in [-0.15, -0.1) is 0 Å². The van der Waals surface area contributed by atoms with E-state index in [1.54, 1.807) is 0 Å². The van der Waals surface area contributed by atoms with Gasteiger partial charge in [-0.25, -0.2) is 0 Å². The van der Waals surface area contributed by atoms with Crippen LogP contribution >= 0.6 is 35.2 Å². The molecule has 12 heavy (non-hydrogen) atoms. The van der Waals surface area contributed by atoms with Gasteiger partial charge in [-0.05, 0) is 24.1 Å². The minimum atomic E-state index is 0.696. The zero-order chi connectivity index (χ0) is 9.14. The van der Waals surface area contributed by atoms with Gasteiger partial charge in [0, 0.05) is 28.6 Å². The van der Waals surface area contributed by atoms with E-state index in [9.17, 15) is 0 Å². The number of nitrogens with zero attached hydrogens (tertiary/aromatic N) is 1. The monoisotopic (exact) mass is 223 g/mol. The lowest BCUT2D eigenvalue weighted by molar-refractivity contribution is 1.14. The summed E-state index contributed by atoms with van der Waals surface area (Å²) in [7, 11) is 0. The van der Waals surface area contributed by atoms with E-state index in [-0.39, 0.29) is 0 Å². The minimum Gasteiger partial charge on any atom is -0.194 e. The van der Waals surface area contributed by atoms with Gasteiger partial charge in [0.1, 0.15) is 0 Å². The number of benzene rings is 1. The molecule has 1 nitrogen and oxygen atoms in total. The second kappa shape index (κ2) is 4.22. The summed E-state index contributed by atoms with van der Waals surface area (Å²) in [4.78, 5) is 0. The van der Waals surface area contributed by atoms with Crippen molar-refractivity contribution in [1.29, 1.82) is 0 Å². The van der Waals surface area contributed by atoms with Gasteiger partial charge in [0.2, 0.25) is 0 Å². The molecule has 0 aromatic heterocycles. The van der Waals surface area contributed by atoms with E-state index in [0.717, 1.165) is 21.6 Å². The third-order valence-corrected chi connectivity index (χ3v) is 2.35. The SMILES string of the molecule is CCc1c(Cl)cccc1N(Cl)Cl. The van der Waals surface area contributed by atoms with Crippen LogP contribution in [-0.2, 0) is 6.42 Å². The van der Waals surface area contributed by atoms with Crippen molar-refractivity contribution in [3.05, 3.63) is 28.8 Å². The van der Waals surface area contributed by atoms with Crippen LogP contribution < -0.4 is 3.94 Å². The first-order valence-electron chi connectivity index (χ1n) is 3.56. The maximum atomic E-state index is 5.93. The Kier molecular flexibility index (Phi) is 3.51. The van der Waals surface area contributed by atoms with Crippen LogP contribution in [0.25, 0.3) is 0 Å². The molecule has 0 spiro atoms. The molecule has 0 N–H and O–H groups in total. The van der Waals surface area contributed by atoms with Crippen LogP contribution in [0.2, 0.25) is 5.02 Å². The lowest BCUT2D eigenvalue weighted by Crippen LogP contribution is -1.97. The summed E-state index contributed by atoms with van der Waals surface area (Å²) in [5, 5.41) is 0.696. The van der Waals surface area contributed by atoms with Crippen LogP contribution in [-0.4, -0.2) is 0 Å². The first-order chi connectivity index (χ1) is 5.66. The Hall–Kier alpha value is -0.110. The Bertz CT molecular complexity index is 273. The molecule has 0 amide bonds. The molecule has 0 unspecified atom stereocenters. The third-order valence-electron chi connectivity index (χ3n) is 1.63. The molecule has 0 atom stereocenters. The molecule has 0 bridgehead atoms. The predicted molar refractivity (Wildman–Crippen MR) is 55.0 cm³/mol. The van der Waals surface area contributed by atoms with E-state index in [0.29, 0.717) is 5.02 Å². The molecule has 66 valence electrons. The molecule has 1 aromatic carbocycles. The number of rotatable bonds is 2. The number of halogens is 3. The maximum absolute atomic E-state index is 5.93. The zero-order valence-corrected chi connectivity index (χ0v) is 8.79. The summed E-state index contributed by atoms with van der Waals surface area (Å²) in [6, 6.07) is 5.46. The van der Waals surface area contributed by atoms with Crippen LogP contribution in [0.3, 0.4) is 0 Å². The molecule has 0 aliphatic carbocycles. The number of hydrogen-bond acceptors (Lipinski definition) is 1. The molecular formula is C8H8Cl3N. The fraction of sp³-hybridized carbons (Fsp3) is 0.250. The zero-order valence-electron chi connectivity index (χ0n) is 6.52. The molecule has 0 aliphatic heterocycles. The van der Waals surface area contributed by atoms with Crippen molar-refractivity contribution < 1.29 is 0 Å². The van der Waals surface area contributed by atoms with Crippen molar-refractivity contribution in [2.75, 3.05) is 3.94 Å². The van der Waals surface area contributed by atoms with Gasteiger partial charge in [0.15, 0.2) is 0 Å². The highest BCUT2D eigenvalue weighted by Gasteiger charge is 2.08. The van der Waals surface area contributed by atoms with E-state index < -0.39 is 0 Å². The van der Waals surface area contributed by atoms with Gasteiger partial charge in [-0.1, -0.05) is 24.6 Å². The summed E-state index contributed by atoms with van der Waals surface area (Å²) in [6.45, 7) is 2.00. The first kappa shape index (κ1) is 9.97. The fourth-order valence-electron chi connectivity index (χ4n) is 1.06. The maximum Gasteiger partial charge on any atom is 0.0756 e. The quantitative estimate of drug-likeness (QED) is 0.686. The molecule has 4 heteroatoms. The second-order valence-electron chi connectivity index (χ2n) is 2.32. The van der Waals surface area contributed by atoms with Gasteiger partial charge in [0.25, 0.3) is 0 Å². The predicted octanol–water partition coefficient (Wildman–Crippen LogP) is 4.02. The highest BCUT2D eigenvalue weighted by atomic mass is 35.5. The van der Waals surface area contributed by atoms with Crippen molar-refractivity contribution in [1.82, 2.24) is 0 Å². The fourth-order valence-corrected chi connectivity index (χ4v) is 1.68. The van der Waals surface area contributed by atoms with Crippen LogP contribution in [0.1, 0.15) is 12.5 Å². The van der Waals surface area contributed by atoms with E-state index in [1.807, 2.05) is 25.1 Å². The van der Waals surface area contributed by atoms with Crippen LogP contribution in [0.15, 0.2) is 18.2 Å². The molecule has 0 saturated heterocycles. The average molecular weight is 225 g/mol. The summed E-state index contributed by atoms with van der Waals surface area (Å²) in [6.07, 6.45) is 0.810. The van der Waals surface area contributed by atoms with Crippen molar-refractivity contribution in [2.24, 2.45) is 0 Å². The third kappa shape index (κ3) is 1.98. The van der Waals surface area contributed by atoms with Gasteiger partial charge < -0.3 is 0 Å². The Morgan fingerprint density at radius 2 is 2.00 bits per heavy atom. The summed E-state index contributed by atoms with van der Waals surface area (Å²) < 4.78 is 1.03. The Balaban J connectivity index is 3.18. The molecule has 0 heterocycles. The summed E-state index contributed by atoms with van der Waals surface area (Å²) in [5.74, 6) is 0. The van der Waals surface area contributed by atoms with E-state index in [1.165, 1.54) is 0 Å². The minimum absolute atomic E-state index is 0.696. The molecule has 0 fully saturated rings. The molecular weight excluding hydrogens is 216 g/mol. The summed E-state index contributed by atoms with van der Waals surface area (Å²) >= 11 is 17.1. The van der Waals surface area contributed by atoms with Crippen molar-refractivity contribution >= 4 is 40.8 Å². The van der Waals surface area contributed by atoms with E-state index >= 15 is 0 Å². The van der Waals surface area contributed by atoms with E-state index in [4.69, 9.17) is 35.2 Å². The van der Waals surface area contributed by atoms with Gasteiger partial charge in [-0.2, -0.15) is 3.94 Å². The molecule has 1 rings (SSSR count). The smallest absolute Gasteiger partial charge is 0.0756 e.